The van der Waals surface area contributed by atoms with Crippen LogP contribution >= 0.6 is 0 Å². The van der Waals surface area contributed by atoms with Gasteiger partial charge in [-0.2, -0.15) is 10.4 Å². The highest BCUT2D eigenvalue weighted by Crippen LogP contribution is 2.24. The van der Waals surface area contributed by atoms with E-state index in [-0.39, 0.29) is 17.2 Å². The zero-order valence-corrected chi connectivity index (χ0v) is 14.1. The third-order valence-electron chi connectivity index (χ3n) is 3.95. The molecule has 9 nitrogen and oxygen atoms in total. The number of aliphatic hydroxyl groups excluding tert-OH is 1. The fraction of sp³-hybridized carbons (Fsp3) is 0.176. The maximum Gasteiger partial charge on any atom is 0.278 e. The number of aryl methyl sites for hydroxylation is 1. The molecule has 1 aromatic carbocycles. The maximum absolute atomic E-state index is 12.4. The van der Waals surface area contributed by atoms with Gasteiger partial charge in [0.25, 0.3) is 11.8 Å². The molecule has 0 radical (unpaired) electrons. The molecule has 9 heteroatoms. The average Bonchev–Trinajstić information content (AvgIpc) is 3.03. The van der Waals surface area contributed by atoms with Crippen LogP contribution in [0.15, 0.2) is 47.9 Å². The van der Waals surface area contributed by atoms with E-state index in [0.717, 1.165) is 0 Å². The largest absolute Gasteiger partial charge is 0.509 e. The summed E-state index contributed by atoms with van der Waals surface area (Å²) >= 11 is 0. The van der Waals surface area contributed by atoms with Crippen LogP contribution in [0.1, 0.15) is 12.5 Å². The zero-order valence-electron chi connectivity index (χ0n) is 14.1. The molecule has 132 valence electrons. The number of carbonyl (C=O) groups excluding carboxylic acids is 2. The summed E-state index contributed by atoms with van der Waals surface area (Å²) in [5, 5.41) is 27.2. The first-order valence-corrected chi connectivity index (χ1v) is 7.75. The maximum atomic E-state index is 12.4. The van der Waals surface area contributed by atoms with Crippen molar-refractivity contribution in [3.63, 3.8) is 0 Å². The van der Waals surface area contributed by atoms with E-state index < -0.39 is 17.9 Å². The fourth-order valence-electron chi connectivity index (χ4n) is 2.57. The number of aromatic nitrogens is 2. The van der Waals surface area contributed by atoms with Gasteiger partial charge in [-0.1, -0.05) is 0 Å². The lowest BCUT2D eigenvalue weighted by atomic mass is 10.1. The third-order valence-corrected chi connectivity index (χ3v) is 3.95. The molecule has 0 saturated carbocycles. The Kier molecular flexibility index (Phi) is 4.33. The predicted octanol–water partition coefficient (Wildman–Crippen LogP) is 0.982. The number of aliphatic hydroxyl groups is 1. The Morgan fingerprint density at radius 2 is 2.04 bits per heavy atom. The highest BCUT2D eigenvalue weighted by Gasteiger charge is 2.35. The number of amides is 2. The second-order valence-electron chi connectivity index (χ2n) is 5.73. The number of anilines is 2. The molecular formula is C17H16N6O3. The molecule has 3 N–H and O–H groups in total. The summed E-state index contributed by atoms with van der Waals surface area (Å²) in [6.07, 6.45) is 1.64. The minimum absolute atomic E-state index is 0.271. The number of nitrogens with zero attached hydrogens (tertiary/aromatic N) is 4. The number of rotatable bonds is 3. The molecule has 0 spiro atoms. The normalized spacial score (nSPS) is 16.9. The Balaban J connectivity index is 1.86. The van der Waals surface area contributed by atoms with Crippen LogP contribution in [0.3, 0.4) is 0 Å². The van der Waals surface area contributed by atoms with Crippen molar-refractivity contribution in [2.75, 3.05) is 10.3 Å². The average molecular weight is 352 g/mol. The standard InChI is InChI=1S/C17H16N6O3/c1-10-15(24)14(16(25)19-13-7-8-22(2)20-13)17(26)21-23(10)12-5-3-11(9-18)4-6-12/h3-8,10,24H,1-2H3,(H,21,26)(H,19,20,25). The van der Waals surface area contributed by atoms with Crippen molar-refractivity contribution in [3.05, 3.63) is 53.4 Å². The molecule has 2 aromatic rings. The molecule has 0 fully saturated rings. The van der Waals surface area contributed by atoms with Gasteiger partial charge in [0.15, 0.2) is 5.82 Å². The second kappa shape index (κ2) is 6.60. The molecule has 2 heterocycles. The van der Waals surface area contributed by atoms with Crippen molar-refractivity contribution in [1.29, 1.82) is 5.26 Å². The first-order valence-electron chi connectivity index (χ1n) is 7.75. The lowest BCUT2D eigenvalue weighted by molar-refractivity contribution is -0.122. The van der Waals surface area contributed by atoms with E-state index in [1.807, 2.05) is 6.07 Å². The van der Waals surface area contributed by atoms with Crippen LogP contribution < -0.4 is 15.8 Å². The Bertz CT molecular complexity index is 938. The fourth-order valence-corrected chi connectivity index (χ4v) is 2.57. The van der Waals surface area contributed by atoms with E-state index in [9.17, 15) is 14.7 Å². The topological polar surface area (TPSA) is 123 Å². The van der Waals surface area contributed by atoms with E-state index in [0.29, 0.717) is 11.3 Å². The van der Waals surface area contributed by atoms with Gasteiger partial charge < -0.3 is 10.4 Å². The molecular weight excluding hydrogens is 336 g/mol. The molecule has 3 rings (SSSR count). The summed E-state index contributed by atoms with van der Waals surface area (Å²) in [5.74, 6) is -1.57. The molecule has 1 aliphatic rings. The van der Waals surface area contributed by atoms with E-state index in [4.69, 9.17) is 5.26 Å². The summed E-state index contributed by atoms with van der Waals surface area (Å²) in [6.45, 7) is 1.64. The van der Waals surface area contributed by atoms with Crippen molar-refractivity contribution >= 4 is 23.3 Å². The molecule has 0 aliphatic carbocycles. The molecule has 2 amide bonds. The number of hydrogen-bond donors (Lipinski definition) is 3. The summed E-state index contributed by atoms with van der Waals surface area (Å²) in [4.78, 5) is 24.8. The first kappa shape index (κ1) is 17.0. The summed E-state index contributed by atoms with van der Waals surface area (Å²) < 4.78 is 1.50. The van der Waals surface area contributed by atoms with Gasteiger partial charge in [0.05, 0.1) is 17.3 Å². The number of benzene rings is 1. The first-order chi connectivity index (χ1) is 12.4. The van der Waals surface area contributed by atoms with E-state index in [2.05, 4.69) is 15.8 Å². The summed E-state index contributed by atoms with van der Waals surface area (Å²) in [6, 6.07) is 9.38. The summed E-state index contributed by atoms with van der Waals surface area (Å²) in [7, 11) is 1.69. The Morgan fingerprint density at radius 3 is 2.62 bits per heavy atom. The highest BCUT2D eigenvalue weighted by atomic mass is 16.3. The van der Waals surface area contributed by atoms with Gasteiger partial charge in [0, 0.05) is 19.3 Å². The molecule has 1 aromatic heterocycles. The van der Waals surface area contributed by atoms with Crippen LogP contribution in [-0.4, -0.2) is 32.7 Å². The van der Waals surface area contributed by atoms with Crippen molar-refractivity contribution in [2.24, 2.45) is 7.05 Å². The van der Waals surface area contributed by atoms with Gasteiger partial charge in [0.1, 0.15) is 17.4 Å². The minimum atomic E-state index is -0.745. The van der Waals surface area contributed by atoms with Crippen molar-refractivity contribution in [2.45, 2.75) is 13.0 Å². The van der Waals surface area contributed by atoms with Gasteiger partial charge >= 0.3 is 0 Å². The van der Waals surface area contributed by atoms with Crippen molar-refractivity contribution < 1.29 is 14.7 Å². The number of hydrogen-bond acceptors (Lipinski definition) is 6. The van der Waals surface area contributed by atoms with Gasteiger partial charge in [-0.05, 0) is 31.2 Å². The van der Waals surface area contributed by atoms with Crippen LogP contribution in [0.4, 0.5) is 11.5 Å². The molecule has 1 atom stereocenters. The molecule has 1 unspecified atom stereocenters. The van der Waals surface area contributed by atoms with Gasteiger partial charge in [-0.3, -0.25) is 24.7 Å². The van der Waals surface area contributed by atoms with Crippen LogP contribution in [0.2, 0.25) is 0 Å². The van der Waals surface area contributed by atoms with Crippen LogP contribution in [0, 0.1) is 11.3 Å². The Labute approximate surface area is 149 Å². The van der Waals surface area contributed by atoms with Gasteiger partial charge in [0.2, 0.25) is 0 Å². The number of carbonyl (C=O) groups is 2. The van der Waals surface area contributed by atoms with Gasteiger partial charge in [-0.25, -0.2) is 0 Å². The third kappa shape index (κ3) is 3.08. The summed E-state index contributed by atoms with van der Waals surface area (Å²) in [5.41, 5.74) is 3.25. The number of hydrazine groups is 1. The van der Waals surface area contributed by atoms with Crippen LogP contribution in [0.25, 0.3) is 0 Å². The van der Waals surface area contributed by atoms with Crippen molar-refractivity contribution in [3.8, 4) is 6.07 Å². The molecule has 0 bridgehead atoms. The monoisotopic (exact) mass is 352 g/mol. The SMILES string of the molecule is CC1C(O)=C(C(=O)Nc2ccn(C)n2)C(=O)NN1c1ccc(C#N)cc1. The lowest BCUT2D eigenvalue weighted by Crippen LogP contribution is -2.55. The quantitative estimate of drug-likeness (QED) is 0.708. The van der Waals surface area contributed by atoms with E-state index in [1.165, 1.54) is 9.69 Å². The lowest BCUT2D eigenvalue weighted by Gasteiger charge is -2.35. The Hall–Kier alpha value is -3.80. The Morgan fingerprint density at radius 1 is 1.35 bits per heavy atom. The van der Waals surface area contributed by atoms with E-state index in [1.54, 1.807) is 50.5 Å². The molecule has 0 saturated heterocycles. The minimum Gasteiger partial charge on any atom is -0.509 e. The second-order valence-corrected chi connectivity index (χ2v) is 5.73. The zero-order chi connectivity index (χ0) is 18.8. The number of nitriles is 1. The predicted molar refractivity (Wildman–Crippen MR) is 92.7 cm³/mol. The number of nitrogens with one attached hydrogen (secondary N) is 2. The van der Waals surface area contributed by atoms with Crippen molar-refractivity contribution in [1.82, 2.24) is 15.2 Å². The van der Waals surface area contributed by atoms with Gasteiger partial charge in [-0.15, -0.1) is 0 Å². The molecule has 26 heavy (non-hydrogen) atoms. The highest BCUT2D eigenvalue weighted by molar-refractivity contribution is 6.23. The van der Waals surface area contributed by atoms with Crippen LogP contribution in [-0.2, 0) is 16.6 Å². The van der Waals surface area contributed by atoms with E-state index >= 15 is 0 Å². The smallest absolute Gasteiger partial charge is 0.278 e. The molecule has 1 aliphatic heterocycles. The van der Waals surface area contributed by atoms with Crippen LogP contribution in [0.5, 0.6) is 0 Å².